The third kappa shape index (κ3) is 5.45. The molecule has 18 heavy (non-hydrogen) atoms. The van der Waals surface area contributed by atoms with Gasteiger partial charge in [0.25, 0.3) is 0 Å². The van der Waals surface area contributed by atoms with Crippen LogP contribution in [0.15, 0.2) is 24.3 Å². The number of nitrogens with two attached hydrogens (primary N) is 1. The summed E-state index contributed by atoms with van der Waals surface area (Å²) in [4.78, 5) is 11.8. The Balaban J connectivity index is 2.36. The lowest BCUT2D eigenvalue weighted by molar-refractivity contribution is -0.121. The van der Waals surface area contributed by atoms with Gasteiger partial charge in [-0.3, -0.25) is 4.79 Å². The van der Waals surface area contributed by atoms with Crippen LogP contribution in [0, 0.1) is 0 Å². The van der Waals surface area contributed by atoms with Crippen LogP contribution in [0.25, 0.3) is 0 Å². The fourth-order valence-electron chi connectivity index (χ4n) is 1.77. The topological polar surface area (TPSA) is 55.1 Å². The zero-order valence-electron chi connectivity index (χ0n) is 11.1. The van der Waals surface area contributed by atoms with Crippen LogP contribution in [0.4, 0.5) is 5.69 Å². The summed E-state index contributed by atoms with van der Waals surface area (Å²) < 4.78 is 0. The Bertz CT molecular complexity index is 382. The molecule has 0 radical (unpaired) electrons. The van der Waals surface area contributed by atoms with Crippen molar-refractivity contribution in [3.8, 4) is 0 Å². The monoisotopic (exact) mass is 266 g/mol. The molecular weight excluding hydrogens is 244 g/mol. The smallest absolute Gasteiger partial charge is 0.220 e. The highest BCUT2D eigenvalue weighted by Crippen LogP contribution is 2.09. The summed E-state index contributed by atoms with van der Waals surface area (Å²) in [6.45, 7) is 2.10. The average Bonchev–Trinajstić information content (AvgIpc) is 2.36. The number of anilines is 1. The second kappa shape index (κ2) is 8.03. The van der Waals surface area contributed by atoms with Gasteiger partial charge < -0.3 is 11.1 Å². The molecule has 0 bridgehead atoms. The van der Waals surface area contributed by atoms with Gasteiger partial charge in [0.2, 0.25) is 5.91 Å². The fourth-order valence-corrected chi connectivity index (χ4v) is 2.49. The van der Waals surface area contributed by atoms with Crippen LogP contribution in [0.1, 0.15) is 25.3 Å². The van der Waals surface area contributed by atoms with Crippen molar-refractivity contribution in [2.45, 2.75) is 32.2 Å². The van der Waals surface area contributed by atoms with Crippen LogP contribution in [-0.2, 0) is 11.2 Å². The van der Waals surface area contributed by atoms with E-state index in [2.05, 4.69) is 18.5 Å². The fraction of sp³-hybridized carbons (Fsp3) is 0.500. The SMILES string of the molecule is CCC(CSC)NC(=O)CCc1cccc(N)c1. The summed E-state index contributed by atoms with van der Waals surface area (Å²) in [6.07, 6.45) is 4.30. The van der Waals surface area contributed by atoms with Crippen LogP contribution in [0.3, 0.4) is 0 Å². The van der Waals surface area contributed by atoms with Crippen LogP contribution in [0.5, 0.6) is 0 Å². The second-order valence-corrected chi connectivity index (χ2v) is 5.28. The van der Waals surface area contributed by atoms with E-state index < -0.39 is 0 Å². The standard InChI is InChI=1S/C14H22N2OS/c1-3-13(10-18-2)16-14(17)8-7-11-5-4-6-12(15)9-11/h4-6,9,13H,3,7-8,10,15H2,1-2H3,(H,16,17). The highest BCUT2D eigenvalue weighted by molar-refractivity contribution is 7.98. The molecule has 0 saturated carbocycles. The molecule has 3 N–H and O–H groups in total. The Labute approximate surface area is 114 Å². The number of amides is 1. The predicted octanol–water partition coefficient (Wildman–Crippen LogP) is 2.46. The molecule has 0 aliphatic carbocycles. The molecule has 1 unspecified atom stereocenters. The zero-order valence-corrected chi connectivity index (χ0v) is 11.9. The Morgan fingerprint density at radius 1 is 1.50 bits per heavy atom. The number of carbonyl (C=O) groups is 1. The van der Waals surface area contributed by atoms with E-state index >= 15 is 0 Å². The van der Waals surface area contributed by atoms with E-state index in [0.29, 0.717) is 6.42 Å². The number of carbonyl (C=O) groups excluding carboxylic acids is 1. The van der Waals surface area contributed by atoms with Gasteiger partial charge in [0.05, 0.1) is 0 Å². The van der Waals surface area contributed by atoms with Crippen LogP contribution >= 0.6 is 11.8 Å². The lowest BCUT2D eigenvalue weighted by Gasteiger charge is -2.15. The molecule has 0 aromatic heterocycles. The molecule has 0 saturated heterocycles. The Hall–Kier alpha value is -1.16. The number of benzene rings is 1. The van der Waals surface area contributed by atoms with Crippen LogP contribution < -0.4 is 11.1 Å². The summed E-state index contributed by atoms with van der Waals surface area (Å²) in [5, 5.41) is 3.06. The molecule has 1 amide bonds. The minimum Gasteiger partial charge on any atom is -0.399 e. The number of hydrogen-bond donors (Lipinski definition) is 2. The highest BCUT2D eigenvalue weighted by atomic mass is 32.2. The number of nitrogens with one attached hydrogen (secondary N) is 1. The molecular formula is C14H22N2OS. The summed E-state index contributed by atoms with van der Waals surface area (Å²) >= 11 is 1.76. The molecule has 1 rings (SSSR count). The predicted molar refractivity (Wildman–Crippen MR) is 79.8 cm³/mol. The largest absolute Gasteiger partial charge is 0.399 e. The number of thioether (sulfide) groups is 1. The van der Waals surface area contributed by atoms with E-state index in [1.54, 1.807) is 11.8 Å². The van der Waals surface area contributed by atoms with Crippen molar-refractivity contribution in [2.75, 3.05) is 17.7 Å². The van der Waals surface area contributed by atoms with Gasteiger partial charge in [-0.25, -0.2) is 0 Å². The van der Waals surface area contributed by atoms with E-state index in [1.807, 2.05) is 24.3 Å². The van der Waals surface area contributed by atoms with Crippen molar-refractivity contribution in [1.29, 1.82) is 0 Å². The molecule has 0 aliphatic heterocycles. The van der Waals surface area contributed by atoms with Gasteiger partial charge in [0.1, 0.15) is 0 Å². The number of nitrogen functional groups attached to an aromatic ring is 1. The van der Waals surface area contributed by atoms with Gasteiger partial charge >= 0.3 is 0 Å². The molecule has 0 heterocycles. The van der Waals surface area contributed by atoms with E-state index in [9.17, 15) is 4.79 Å². The van der Waals surface area contributed by atoms with Crippen molar-refractivity contribution in [2.24, 2.45) is 0 Å². The molecule has 3 nitrogen and oxygen atoms in total. The summed E-state index contributed by atoms with van der Waals surface area (Å²) in [5.41, 5.74) is 7.57. The Morgan fingerprint density at radius 3 is 2.89 bits per heavy atom. The Kier molecular flexibility index (Phi) is 6.65. The lowest BCUT2D eigenvalue weighted by atomic mass is 10.1. The van der Waals surface area contributed by atoms with E-state index in [0.717, 1.165) is 29.8 Å². The van der Waals surface area contributed by atoms with Gasteiger partial charge in [-0.2, -0.15) is 11.8 Å². The molecule has 1 atom stereocenters. The van der Waals surface area contributed by atoms with Gasteiger partial charge in [0, 0.05) is 23.9 Å². The first-order valence-corrected chi connectivity index (χ1v) is 7.67. The zero-order chi connectivity index (χ0) is 13.4. The number of hydrogen-bond acceptors (Lipinski definition) is 3. The van der Waals surface area contributed by atoms with Crippen LogP contribution in [-0.4, -0.2) is 24.0 Å². The maximum Gasteiger partial charge on any atom is 0.220 e. The van der Waals surface area contributed by atoms with Crippen molar-refractivity contribution in [3.63, 3.8) is 0 Å². The van der Waals surface area contributed by atoms with Crippen LogP contribution in [0.2, 0.25) is 0 Å². The van der Waals surface area contributed by atoms with E-state index in [-0.39, 0.29) is 11.9 Å². The number of aryl methyl sites for hydroxylation is 1. The number of rotatable bonds is 7. The van der Waals surface area contributed by atoms with Gasteiger partial charge in [-0.05, 0) is 36.8 Å². The van der Waals surface area contributed by atoms with Crippen molar-refractivity contribution >= 4 is 23.4 Å². The van der Waals surface area contributed by atoms with Gasteiger partial charge in [0.15, 0.2) is 0 Å². The highest BCUT2D eigenvalue weighted by Gasteiger charge is 2.09. The molecule has 0 aliphatic rings. The van der Waals surface area contributed by atoms with E-state index in [4.69, 9.17) is 5.73 Å². The minimum absolute atomic E-state index is 0.123. The first-order valence-electron chi connectivity index (χ1n) is 6.28. The molecule has 0 spiro atoms. The maximum absolute atomic E-state index is 11.8. The van der Waals surface area contributed by atoms with Crippen molar-refractivity contribution < 1.29 is 4.79 Å². The Morgan fingerprint density at radius 2 is 2.28 bits per heavy atom. The summed E-state index contributed by atoms with van der Waals surface area (Å²) in [6, 6.07) is 7.99. The normalized spacial score (nSPS) is 12.1. The maximum atomic E-state index is 11.8. The second-order valence-electron chi connectivity index (χ2n) is 4.37. The first-order chi connectivity index (χ1) is 8.65. The quantitative estimate of drug-likeness (QED) is 0.745. The molecule has 100 valence electrons. The lowest BCUT2D eigenvalue weighted by Crippen LogP contribution is -2.36. The van der Waals surface area contributed by atoms with E-state index in [1.165, 1.54) is 0 Å². The molecule has 1 aromatic rings. The average molecular weight is 266 g/mol. The van der Waals surface area contributed by atoms with Gasteiger partial charge in [-0.1, -0.05) is 19.1 Å². The van der Waals surface area contributed by atoms with Crippen molar-refractivity contribution in [1.82, 2.24) is 5.32 Å². The summed E-state index contributed by atoms with van der Waals surface area (Å²) in [5.74, 6) is 1.10. The first kappa shape index (κ1) is 14.9. The minimum atomic E-state index is 0.123. The molecule has 4 heteroatoms. The third-order valence-electron chi connectivity index (χ3n) is 2.82. The van der Waals surface area contributed by atoms with Gasteiger partial charge in [-0.15, -0.1) is 0 Å². The molecule has 0 fully saturated rings. The molecule has 1 aromatic carbocycles. The third-order valence-corrected chi connectivity index (χ3v) is 3.55. The summed E-state index contributed by atoms with van der Waals surface area (Å²) in [7, 11) is 0. The van der Waals surface area contributed by atoms with Crippen molar-refractivity contribution in [3.05, 3.63) is 29.8 Å².